The van der Waals surface area contributed by atoms with Crippen LogP contribution in [0.2, 0.25) is 0 Å². The molecule has 1 saturated heterocycles. The van der Waals surface area contributed by atoms with Crippen molar-refractivity contribution in [1.29, 1.82) is 0 Å². The van der Waals surface area contributed by atoms with Crippen LogP contribution >= 0.6 is 0 Å². The van der Waals surface area contributed by atoms with Gasteiger partial charge in [-0.15, -0.1) is 0 Å². The van der Waals surface area contributed by atoms with Gasteiger partial charge in [-0.1, -0.05) is 0 Å². The van der Waals surface area contributed by atoms with Crippen molar-refractivity contribution in [2.45, 2.75) is 18.9 Å². The molecule has 13 heavy (non-hydrogen) atoms. The minimum absolute atomic E-state index is 0.163. The van der Waals surface area contributed by atoms with Gasteiger partial charge in [-0.2, -0.15) is 0 Å². The largest absolute Gasteiger partial charge is 0.383 e. The second kappa shape index (κ2) is 5.16. The molecule has 0 bridgehead atoms. The van der Waals surface area contributed by atoms with Crippen LogP contribution in [0.4, 0.5) is 0 Å². The average molecular weight is 187 g/mol. The minimum Gasteiger partial charge on any atom is -0.383 e. The summed E-state index contributed by atoms with van der Waals surface area (Å²) >= 11 is 0. The second-order valence-electron chi connectivity index (χ2n) is 3.22. The van der Waals surface area contributed by atoms with E-state index < -0.39 is 0 Å². The number of carbonyl (C=O) groups excluding carboxylic acids is 1. The highest BCUT2D eigenvalue weighted by atomic mass is 16.5. The minimum atomic E-state index is -0.225. The summed E-state index contributed by atoms with van der Waals surface area (Å²) in [6, 6.07) is -0.225. The summed E-state index contributed by atoms with van der Waals surface area (Å²) in [6.07, 6.45) is 2.30. The Bertz CT molecular complexity index is 169. The summed E-state index contributed by atoms with van der Waals surface area (Å²) in [5.74, 6) is 4.93. The van der Waals surface area contributed by atoms with Crippen molar-refractivity contribution in [3.63, 3.8) is 0 Å². The zero-order valence-corrected chi connectivity index (χ0v) is 7.95. The number of nitrogens with one attached hydrogen (secondary N) is 1. The Balaban J connectivity index is 2.49. The normalized spacial score (nSPS) is 20.2. The van der Waals surface area contributed by atoms with Gasteiger partial charge < -0.3 is 4.74 Å². The molecule has 0 saturated carbocycles. The molecule has 1 aliphatic rings. The molecule has 0 aromatic rings. The topological polar surface area (TPSA) is 67.6 Å². The number of ether oxygens (including phenoxy) is 1. The van der Waals surface area contributed by atoms with Gasteiger partial charge in [0.15, 0.2) is 0 Å². The number of rotatable bonds is 4. The number of nitrogens with zero attached hydrogens (tertiary/aromatic N) is 1. The molecule has 0 radical (unpaired) electrons. The lowest BCUT2D eigenvalue weighted by Gasteiger charge is -2.24. The maximum atomic E-state index is 11.3. The Kier molecular flexibility index (Phi) is 4.14. The summed E-state index contributed by atoms with van der Waals surface area (Å²) in [5.41, 5.74) is 2.17. The van der Waals surface area contributed by atoms with Crippen molar-refractivity contribution >= 4 is 5.91 Å². The molecule has 1 rings (SSSR count). The lowest BCUT2D eigenvalue weighted by molar-refractivity contribution is -0.128. The van der Waals surface area contributed by atoms with Crippen LogP contribution in [0.15, 0.2) is 0 Å². The van der Waals surface area contributed by atoms with E-state index in [1.807, 2.05) is 0 Å². The van der Waals surface area contributed by atoms with Crippen molar-refractivity contribution < 1.29 is 9.53 Å². The van der Waals surface area contributed by atoms with E-state index in [0.717, 1.165) is 25.9 Å². The average Bonchev–Trinajstić information content (AvgIpc) is 2.65. The Morgan fingerprint density at radius 3 is 2.69 bits per heavy atom. The lowest BCUT2D eigenvalue weighted by Crippen LogP contribution is -2.50. The molecule has 5 heteroatoms. The van der Waals surface area contributed by atoms with Crippen molar-refractivity contribution in [1.82, 2.24) is 10.3 Å². The maximum Gasteiger partial charge on any atom is 0.253 e. The number of carbonyl (C=O) groups is 1. The molecule has 1 amide bonds. The molecule has 5 nitrogen and oxygen atoms in total. The Morgan fingerprint density at radius 1 is 1.62 bits per heavy atom. The number of amides is 1. The van der Waals surface area contributed by atoms with Crippen LogP contribution in [-0.2, 0) is 9.53 Å². The SMILES string of the molecule is COCC(C(=O)NN)N1CCCC1. The molecule has 0 spiro atoms. The Labute approximate surface area is 78.2 Å². The third-order valence-electron chi connectivity index (χ3n) is 2.35. The van der Waals surface area contributed by atoms with E-state index in [1.54, 1.807) is 7.11 Å². The highest BCUT2D eigenvalue weighted by Crippen LogP contribution is 2.11. The first-order valence-electron chi connectivity index (χ1n) is 4.53. The van der Waals surface area contributed by atoms with Crippen LogP contribution in [0.1, 0.15) is 12.8 Å². The summed E-state index contributed by atoms with van der Waals surface area (Å²) < 4.78 is 4.98. The summed E-state index contributed by atoms with van der Waals surface area (Å²) in [7, 11) is 1.59. The first kappa shape index (κ1) is 10.4. The predicted molar refractivity (Wildman–Crippen MR) is 48.8 cm³/mol. The second-order valence-corrected chi connectivity index (χ2v) is 3.22. The fraction of sp³-hybridized carbons (Fsp3) is 0.875. The van der Waals surface area contributed by atoms with Gasteiger partial charge in [0, 0.05) is 7.11 Å². The third kappa shape index (κ3) is 2.65. The molecule has 1 aliphatic heterocycles. The molecule has 1 atom stereocenters. The molecule has 76 valence electrons. The van der Waals surface area contributed by atoms with Gasteiger partial charge in [-0.05, 0) is 25.9 Å². The number of nitrogens with two attached hydrogens (primary N) is 1. The van der Waals surface area contributed by atoms with Gasteiger partial charge in [-0.3, -0.25) is 15.1 Å². The van der Waals surface area contributed by atoms with E-state index in [4.69, 9.17) is 10.6 Å². The number of hydrogen-bond acceptors (Lipinski definition) is 4. The van der Waals surface area contributed by atoms with Crippen molar-refractivity contribution in [3.8, 4) is 0 Å². The Hall–Kier alpha value is -0.650. The summed E-state index contributed by atoms with van der Waals surface area (Å²) in [5, 5.41) is 0. The summed E-state index contributed by atoms with van der Waals surface area (Å²) in [4.78, 5) is 13.4. The van der Waals surface area contributed by atoms with Crippen molar-refractivity contribution in [3.05, 3.63) is 0 Å². The van der Waals surface area contributed by atoms with Crippen LogP contribution in [0.25, 0.3) is 0 Å². The molecule has 3 N–H and O–H groups in total. The smallest absolute Gasteiger partial charge is 0.253 e. The van der Waals surface area contributed by atoms with Gasteiger partial charge in [0.1, 0.15) is 6.04 Å². The van der Waals surface area contributed by atoms with E-state index in [-0.39, 0.29) is 11.9 Å². The van der Waals surface area contributed by atoms with E-state index in [2.05, 4.69) is 10.3 Å². The summed E-state index contributed by atoms with van der Waals surface area (Å²) in [6.45, 7) is 2.33. The Morgan fingerprint density at radius 2 is 2.23 bits per heavy atom. The van der Waals surface area contributed by atoms with Crippen LogP contribution in [-0.4, -0.2) is 43.7 Å². The number of methoxy groups -OCH3 is 1. The third-order valence-corrected chi connectivity index (χ3v) is 2.35. The van der Waals surface area contributed by atoms with Crippen LogP contribution in [0, 0.1) is 0 Å². The standard InChI is InChI=1S/C8H17N3O2/c1-13-6-7(8(12)10-9)11-4-2-3-5-11/h7H,2-6,9H2,1H3,(H,10,12). The number of hydrazine groups is 1. The van der Waals surface area contributed by atoms with Gasteiger partial charge in [0.2, 0.25) is 0 Å². The highest BCUT2D eigenvalue weighted by molar-refractivity contribution is 5.81. The molecule has 0 aromatic heterocycles. The molecule has 1 unspecified atom stereocenters. The molecular formula is C8H17N3O2. The van der Waals surface area contributed by atoms with Crippen LogP contribution in [0.5, 0.6) is 0 Å². The van der Waals surface area contributed by atoms with E-state index >= 15 is 0 Å². The fourth-order valence-corrected chi connectivity index (χ4v) is 1.65. The zero-order chi connectivity index (χ0) is 9.68. The molecule has 0 aliphatic carbocycles. The van der Waals surface area contributed by atoms with Gasteiger partial charge in [-0.25, -0.2) is 5.84 Å². The maximum absolute atomic E-state index is 11.3. The van der Waals surface area contributed by atoms with Gasteiger partial charge in [0.25, 0.3) is 5.91 Å². The molecule has 0 aromatic carbocycles. The van der Waals surface area contributed by atoms with Gasteiger partial charge in [0.05, 0.1) is 6.61 Å². The first-order chi connectivity index (χ1) is 6.29. The number of hydrogen-bond donors (Lipinski definition) is 2. The van der Waals surface area contributed by atoms with E-state index in [0.29, 0.717) is 6.61 Å². The number of likely N-dealkylation sites (tertiary alicyclic amines) is 1. The predicted octanol–water partition coefficient (Wildman–Crippen LogP) is -0.913. The lowest BCUT2D eigenvalue weighted by atomic mass is 10.2. The molecule has 1 heterocycles. The van der Waals surface area contributed by atoms with Crippen LogP contribution in [0.3, 0.4) is 0 Å². The van der Waals surface area contributed by atoms with E-state index in [1.165, 1.54) is 0 Å². The quantitative estimate of drug-likeness (QED) is 0.339. The highest BCUT2D eigenvalue weighted by Gasteiger charge is 2.27. The van der Waals surface area contributed by atoms with Gasteiger partial charge >= 0.3 is 0 Å². The van der Waals surface area contributed by atoms with Crippen LogP contribution < -0.4 is 11.3 Å². The van der Waals surface area contributed by atoms with Crippen molar-refractivity contribution in [2.24, 2.45) is 5.84 Å². The monoisotopic (exact) mass is 187 g/mol. The fourth-order valence-electron chi connectivity index (χ4n) is 1.65. The molecular weight excluding hydrogens is 170 g/mol. The zero-order valence-electron chi connectivity index (χ0n) is 7.95. The first-order valence-corrected chi connectivity index (χ1v) is 4.53. The molecule has 1 fully saturated rings. The van der Waals surface area contributed by atoms with E-state index in [9.17, 15) is 4.79 Å². The van der Waals surface area contributed by atoms with Crippen molar-refractivity contribution in [2.75, 3.05) is 26.8 Å².